The number of anilines is 1. The van der Waals surface area contributed by atoms with Crippen LogP contribution in [0, 0.1) is 29.1 Å². The average Bonchev–Trinajstić information content (AvgIpc) is 3.29. The number of aliphatic hydroxyl groups is 1. The molecule has 2 amide bonds. The van der Waals surface area contributed by atoms with E-state index in [9.17, 15) is 19.5 Å². The minimum atomic E-state index is -1.16. The molecule has 1 aromatic rings. The van der Waals surface area contributed by atoms with Crippen molar-refractivity contribution >= 4 is 34.8 Å². The molecule has 0 spiro atoms. The summed E-state index contributed by atoms with van der Waals surface area (Å²) in [5.74, 6) is 5.29. The van der Waals surface area contributed by atoms with Gasteiger partial charge in [-0.15, -0.1) is 11.3 Å². The number of nitrogens with zero attached hydrogens (tertiary/aromatic N) is 2. The van der Waals surface area contributed by atoms with E-state index in [1.165, 1.54) is 12.0 Å². The van der Waals surface area contributed by atoms with Crippen molar-refractivity contribution in [3.05, 3.63) is 15.8 Å². The summed E-state index contributed by atoms with van der Waals surface area (Å²) in [6.07, 6.45) is 3.24. The maximum Gasteiger partial charge on any atom is 0.350 e. The molecule has 2 fully saturated rings. The van der Waals surface area contributed by atoms with Gasteiger partial charge in [-0.25, -0.2) is 4.79 Å². The Morgan fingerprint density at radius 1 is 1.22 bits per heavy atom. The Bertz CT molecular complexity index is 1000. The first-order chi connectivity index (χ1) is 17.1. The first kappa shape index (κ1) is 28.2. The fraction of sp³-hybridized carbons (Fsp3) is 0.667. The lowest BCUT2D eigenvalue weighted by Crippen LogP contribution is -2.56. The fourth-order valence-electron chi connectivity index (χ4n) is 4.52. The minimum absolute atomic E-state index is 0.196. The highest BCUT2D eigenvalue weighted by atomic mass is 32.1. The molecule has 2 aliphatic rings. The van der Waals surface area contributed by atoms with Crippen LogP contribution in [0.2, 0.25) is 0 Å². The summed E-state index contributed by atoms with van der Waals surface area (Å²) in [5, 5.41) is 10.4. The van der Waals surface area contributed by atoms with Gasteiger partial charge in [0, 0.05) is 24.4 Å². The van der Waals surface area contributed by atoms with Crippen LogP contribution in [0.1, 0.15) is 67.9 Å². The largest absolute Gasteiger partial charge is 0.465 e. The van der Waals surface area contributed by atoms with Crippen molar-refractivity contribution in [2.24, 2.45) is 17.3 Å². The van der Waals surface area contributed by atoms with Gasteiger partial charge in [0.15, 0.2) is 0 Å². The summed E-state index contributed by atoms with van der Waals surface area (Å²) in [6, 6.07) is 0.519. The lowest BCUT2D eigenvalue weighted by atomic mass is 9.82. The monoisotopic (exact) mass is 518 g/mol. The molecule has 1 N–H and O–H groups in total. The van der Waals surface area contributed by atoms with E-state index in [-0.39, 0.29) is 33.7 Å². The van der Waals surface area contributed by atoms with E-state index < -0.39 is 18.6 Å². The zero-order valence-corrected chi connectivity index (χ0v) is 22.8. The van der Waals surface area contributed by atoms with Gasteiger partial charge in [-0.05, 0) is 58.4 Å². The van der Waals surface area contributed by atoms with E-state index in [1.807, 2.05) is 20.8 Å². The molecule has 36 heavy (non-hydrogen) atoms. The normalized spacial score (nSPS) is 21.2. The molecular weight excluding hydrogens is 480 g/mol. The van der Waals surface area contributed by atoms with E-state index in [0.717, 1.165) is 24.2 Å². The number of hydrogen-bond donors (Lipinski definition) is 1. The summed E-state index contributed by atoms with van der Waals surface area (Å²) in [5.41, 5.74) is 0.0124. The summed E-state index contributed by atoms with van der Waals surface area (Å²) in [4.78, 5) is 44.1. The fourth-order valence-corrected chi connectivity index (χ4v) is 5.44. The predicted molar refractivity (Wildman–Crippen MR) is 139 cm³/mol. The van der Waals surface area contributed by atoms with Crippen LogP contribution in [0.3, 0.4) is 0 Å². The number of thiophene rings is 1. The standard InChI is InChI=1S/C27H38N2O6S/c1-18-6-8-19(9-7-18)24(31)29(22(17-30)25(32)28-12-14-35-15-13-28)21-16-20(10-11-27(2,3)4)36-23(21)26(33)34-5/h16,18-19,22,30H,6-9,12-15,17H2,1-5H3/t18?,19?,22-/m0/s1. The van der Waals surface area contributed by atoms with E-state index in [2.05, 4.69) is 18.8 Å². The van der Waals surface area contributed by atoms with E-state index in [1.54, 1.807) is 11.0 Å². The second-order valence-corrected chi connectivity index (χ2v) is 11.7. The molecule has 1 atom stereocenters. The smallest absolute Gasteiger partial charge is 0.350 e. The number of carbonyl (C=O) groups excluding carboxylic acids is 3. The maximum absolute atomic E-state index is 14.0. The van der Waals surface area contributed by atoms with Gasteiger partial charge in [0.25, 0.3) is 0 Å². The van der Waals surface area contributed by atoms with E-state index in [4.69, 9.17) is 9.47 Å². The van der Waals surface area contributed by atoms with Gasteiger partial charge >= 0.3 is 5.97 Å². The van der Waals surface area contributed by atoms with Crippen LogP contribution in [-0.4, -0.2) is 73.9 Å². The van der Waals surface area contributed by atoms with Gasteiger partial charge in [0.05, 0.1) is 37.5 Å². The molecular formula is C27H38N2O6S. The maximum atomic E-state index is 14.0. The second-order valence-electron chi connectivity index (χ2n) is 10.6. The van der Waals surface area contributed by atoms with Crippen molar-refractivity contribution < 1.29 is 29.0 Å². The van der Waals surface area contributed by atoms with Gasteiger partial charge in [0.2, 0.25) is 11.8 Å². The topological polar surface area (TPSA) is 96.4 Å². The molecule has 0 aromatic carbocycles. The van der Waals surface area contributed by atoms with Crippen molar-refractivity contribution in [1.82, 2.24) is 4.90 Å². The first-order valence-electron chi connectivity index (χ1n) is 12.6. The third-order valence-electron chi connectivity index (χ3n) is 6.60. The Labute approximate surface area is 217 Å². The molecule has 3 rings (SSSR count). The summed E-state index contributed by atoms with van der Waals surface area (Å²) >= 11 is 1.13. The van der Waals surface area contributed by atoms with Gasteiger partial charge in [-0.1, -0.05) is 18.8 Å². The van der Waals surface area contributed by atoms with Crippen LogP contribution in [-0.2, 0) is 19.1 Å². The number of ether oxygens (including phenoxy) is 2. The summed E-state index contributed by atoms with van der Waals surface area (Å²) in [6.45, 7) is 9.13. The van der Waals surface area contributed by atoms with Crippen LogP contribution in [0.15, 0.2) is 6.07 Å². The second kappa shape index (κ2) is 12.2. The molecule has 1 saturated carbocycles. The van der Waals surface area contributed by atoms with Gasteiger partial charge in [0.1, 0.15) is 10.9 Å². The summed E-state index contributed by atoms with van der Waals surface area (Å²) in [7, 11) is 1.28. The van der Waals surface area contributed by atoms with Crippen LogP contribution < -0.4 is 4.90 Å². The molecule has 1 aromatic heterocycles. The molecule has 0 unspecified atom stereocenters. The highest BCUT2D eigenvalue weighted by molar-refractivity contribution is 7.15. The molecule has 0 bridgehead atoms. The Morgan fingerprint density at radius 2 is 1.86 bits per heavy atom. The zero-order chi connectivity index (χ0) is 26.5. The first-order valence-corrected chi connectivity index (χ1v) is 13.4. The minimum Gasteiger partial charge on any atom is -0.465 e. The SMILES string of the molecule is COC(=O)c1sc(C#CC(C)(C)C)cc1N(C(=O)C1CCC(C)CC1)[C@@H](CO)C(=O)N1CCOCC1. The molecule has 1 aliphatic heterocycles. The van der Waals surface area contributed by atoms with Crippen LogP contribution >= 0.6 is 11.3 Å². The lowest BCUT2D eigenvalue weighted by Gasteiger charge is -2.37. The third kappa shape index (κ3) is 6.87. The van der Waals surface area contributed by atoms with Crippen molar-refractivity contribution in [3.8, 4) is 11.8 Å². The Balaban J connectivity index is 2.09. The number of carbonyl (C=O) groups is 3. The molecule has 2 heterocycles. The lowest BCUT2D eigenvalue weighted by molar-refractivity contribution is -0.140. The Kier molecular flexibility index (Phi) is 9.56. The number of morpholine rings is 1. The zero-order valence-electron chi connectivity index (χ0n) is 22.0. The van der Waals surface area contributed by atoms with Crippen molar-refractivity contribution in [2.45, 2.75) is 59.4 Å². The quantitative estimate of drug-likeness (QED) is 0.459. The van der Waals surface area contributed by atoms with Crippen molar-refractivity contribution in [3.63, 3.8) is 0 Å². The van der Waals surface area contributed by atoms with Gasteiger partial charge in [-0.3, -0.25) is 14.5 Å². The van der Waals surface area contributed by atoms with E-state index >= 15 is 0 Å². The number of methoxy groups -OCH3 is 1. The molecule has 0 radical (unpaired) electrons. The number of amides is 2. The van der Waals surface area contributed by atoms with Gasteiger partial charge in [-0.2, -0.15) is 0 Å². The molecule has 8 nitrogen and oxygen atoms in total. The average molecular weight is 519 g/mol. The molecule has 1 aliphatic carbocycles. The molecule has 9 heteroatoms. The Hall–Kier alpha value is -2.41. The third-order valence-corrected chi connectivity index (χ3v) is 7.62. The molecule has 198 valence electrons. The van der Waals surface area contributed by atoms with Gasteiger partial charge < -0.3 is 19.5 Å². The van der Waals surface area contributed by atoms with Crippen molar-refractivity contribution in [2.75, 3.05) is 44.9 Å². The molecule has 1 saturated heterocycles. The van der Waals surface area contributed by atoms with Crippen LogP contribution in [0.25, 0.3) is 0 Å². The highest BCUT2D eigenvalue weighted by Crippen LogP contribution is 2.37. The Morgan fingerprint density at radius 3 is 2.42 bits per heavy atom. The van der Waals surface area contributed by atoms with E-state index in [0.29, 0.717) is 49.9 Å². The number of hydrogen-bond acceptors (Lipinski definition) is 7. The number of aliphatic hydroxyl groups excluding tert-OH is 1. The number of rotatable bonds is 6. The predicted octanol–water partition coefficient (Wildman–Crippen LogP) is 3.31. The van der Waals surface area contributed by atoms with Crippen LogP contribution in [0.4, 0.5) is 5.69 Å². The van der Waals surface area contributed by atoms with Crippen molar-refractivity contribution in [1.29, 1.82) is 0 Å². The number of esters is 1. The van der Waals surface area contributed by atoms with Crippen LogP contribution in [0.5, 0.6) is 0 Å². The highest BCUT2D eigenvalue weighted by Gasteiger charge is 2.40. The summed E-state index contributed by atoms with van der Waals surface area (Å²) < 4.78 is 10.4.